The molecule has 3 amide bonds. The van der Waals surface area contributed by atoms with Gasteiger partial charge in [0, 0.05) is 98.6 Å². The Bertz CT molecular complexity index is 3050. The summed E-state index contributed by atoms with van der Waals surface area (Å²) in [5, 5.41) is 27.3. The highest BCUT2D eigenvalue weighted by molar-refractivity contribution is 6.06. The number of benzene rings is 3. The van der Waals surface area contributed by atoms with Crippen LogP contribution in [-0.2, 0) is 16.1 Å². The molecule has 2 bridgehead atoms. The van der Waals surface area contributed by atoms with Gasteiger partial charge in [-0.05, 0) is 113 Å². The molecule has 74 heavy (non-hydrogen) atoms. The number of phenolic OH excluding ortho intramolecular Hbond substituents is 1. The van der Waals surface area contributed by atoms with Gasteiger partial charge >= 0.3 is 6.01 Å². The number of terminal acetylenes is 1. The van der Waals surface area contributed by atoms with Gasteiger partial charge in [0.1, 0.15) is 41.2 Å². The van der Waals surface area contributed by atoms with Gasteiger partial charge in [-0.15, -0.1) is 6.42 Å². The van der Waals surface area contributed by atoms with Gasteiger partial charge < -0.3 is 44.8 Å². The number of imide groups is 1. The number of carbonyl (C=O) groups is 3. The molecule has 19 heteroatoms. The Kier molecular flexibility index (Phi) is 13.8. The van der Waals surface area contributed by atoms with E-state index in [-0.39, 0.29) is 83.3 Å². The number of aromatic hydroxyl groups is 1. The summed E-state index contributed by atoms with van der Waals surface area (Å²) in [6.45, 7) is 7.37. The molecular weight excluding hydrogens is 954 g/mol. The maximum Gasteiger partial charge on any atom is 0.319 e. The number of anilines is 2. The van der Waals surface area contributed by atoms with Crippen molar-refractivity contribution in [2.75, 3.05) is 75.8 Å². The number of aliphatic hydroxyl groups is 1. The van der Waals surface area contributed by atoms with Crippen LogP contribution in [0.1, 0.15) is 85.7 Å². The Morgan fingerprint density at radius 1 is 0.865 bits per heavy atom. The minimum atomic E-state index is -0.739. The molecule has 4 atom stereocenters. The Morgan fingerprint density at radius 3 is 2.35 bits per heavy atom. The third kappa shape index (κ3) is 9.68. The van der Waals surface area contributed by atoms with Crippen molar-refractivity contribution in [2.24, 2.45) is 5.92 Å². The number of pyridine rings is 1. The number of nitrogens with one attached hydrogen (secondary N) is 2. The SMILES string of the molecule is C#Cc1c(F)ccc2cc(O)cc(-c3ncc4c(N5CC6CCC(C5)N6)nc(OCC5CCCN5C)nc4c3F)c12.O=C1CCC(N2Cc3c(ccc(N4CCC(CN5CCC(O)CC5)CC4)c3F)C2=O)C(=O)N1. The molecular formula is C55H61F3N10O6. The second-order valence-corrected chi connectivity index (χ2v) is 21.1. The van der Waals surface area contributed by atoms with E-state index in [2.05, 4.69) is 53.2 Å². The Hall–Kier alpha value is -6.59. The summed E-state index contributed by atoms with van der Waals surface area (Å²) < 4.78 is 52.9. The van der Waals surface area contributed by atoms with Crippen LogP contribution in [0, 0.1) is 35.7 Å². The van der Waals surface area contributed by atoms with E-state index in [4.69, 9.17) is 16.1 Å². The lowest BCUT2D eigenvalue weighted by Crippen LogP contribution is -2.52. The number of rotatable bonds is 9. The predicted molar refractivity (Wildman–Crippen MR) is 272 cm³/mol. The molecule has 388 valence electrons. The molecule has 6 fully saturated rings. The fourth-order valence-corrected chi connectivity index (χ4v) is 12.3. The van der Waals surface area contributed by atoms with E-state index in [0.717, 1.165) is 104 Å². The van der Waals surface area contributed by atoms with E-state index in [0.29, 0.717) is 63.4 Å². The molecule has 2 aromatic heterocycles. The highest BCUT2D eigenvalue weighted by Crippen LogP contribution is 2.40. The van der Waals surface area contributed by atoms with Gasteiger partial charge in [-0.1, -0.05) is 12.0 Å². The number of amides is 3. The summed E-state index contributed by atoms with van der Waals surface area (Å²) in [6.07, 6.45) is 15.4. The number of phenols is 1. The van der Waals surface area contributed by atoms with Crippen LogP contribution in [0.3, 0.4) is 0 Å². The van der Waals surface area contributed by atoms with Crippen LogP contribution in [0.2, 0.25) is 0 Å². The molecule has 4 N–H and O–H groups in total. The van der Waals surface area contributed by atoms with Crippen LogP contribution in [-0.4, -0.2) is 154 Å². The van der Waals surface area contributed by atoms with Crippen LogP contribution < -0.4 is 25.2 Å². The summed E-state index contributed by atoms with van der Waals surface area (Å²) in [7, 11) is 2.06. The van der Waals surface area contributed by atoms with E-state index in [9.17, 15) is 29.0 Å². The van der Waals surface area contributed by atoms with Crippen LogP contribution in [0.15, 0.2) is 42.6 Å². The first-order valence-electron chi connectivity index (χ1n) is 26.0. The Balaban J connectivity index is 0.000000163. The first-order chi connectivity index (χ1) is 35.8. The molecule has 0 spiro atoms. The van der Waals surface area contributed by atoms with Crippen molar-refractivity contribution in [3.05, 3.63) is 76.7 Å². The lowest BCUT2D eigenvalue weighted by molar-refractivity contribution is -0.136. The number of likely N-dealkylation sites (tertiary alicyclic amines) is 2. The lowest BCUT2D eigenvalue weighted by atomic mass is 9.94. The molecule has 16 nitrogen and oxygen atoms in total. The van der Waals surface area contributed by atoms with Crippen molar-refractivity contribution in [3.63, 3.8) is 0 Å². The van der Waals surface area contributed by atoms with E-state index >= 15 is 8.78 Å². The molecule has 7 aliphatic rings. The van der Waals surface area contributed by atoms with E-state index in [1.54, 1.807) is 18.3 Å². The normalized spacial score (nSPS) is 23.8. The Morgan fingerprint density at radius 2 is 1.64 bits per heavy atom. The van der Waals surface area contributed by atoms with Gasteiger partial charge in [0.15, 0.2) is 11.6 Å². The number of nitrogens with zero attached hydrogens (tertiary/aromatic N) is 8. The minimum absolute atomic E-state index is 0.0248. The maximum absolute atomic E-state index is 16.6. The van der Waals surface area contributed by atoms with Crippen molar-refractivity contribution < 1.29 is 42.5 Å². The largest absolute Gasteiger partial charge is 0.508 e. The highest BCUT2D eigenvalue weighted by Gasteiger charge is 2.41. The molecule has 0 radical (unpaired) electrons. The fourth-order valence-electron chi connectivity index (χ4n) is 12.3. The third-order valence-corrected chi connectivity index (χ3v) is 16.3. The smallest absolute Gasteiger partial charge is 0.319 e. The van der Waals surface area contributed by atoms with Crippen LogP contribution >= 0.6 is 0 Å². The number of aromatic nitrogens is 3. The number of halogens is 3. The maximum atomic E-state index is 16.6. The second-order valence-electron chi connectivity index (χ2n) is 21.1. The van der Waals surface area contributed by atoms with Crippen LogP contribution in [0.4, 0.5) is 24.7 Å². The number of likely N-dealkylation sites (N-methyl/N-ethyl adjacent to an activating group) is 1. The summed E-state index contributed by atoms with van der Waals surface area (Å²) in [4.78, 5) is 60.6. The zero-order valence-electron chi connectivity index (χ0n) is 41.5. The number of piperidine rings is 3. The number of piperazine rings is 1. The molecule has 3 aromatic carbocycles. The van der Waals surface area contributed by atoms with Crippen molar-refractivity contribution >= 4 is 50.9 Å². The van der Waals surface area contributed by atoms with Crippen molar-refractivity contribution in [1.82, 2.24) is 40.3 Å². The molecule has 5 aromatic rings. The van der Waals surface area contributed by atoms with E-state index in [1.165, 1.54) is 29.2 Å². The van der Waals surface area contributed by atoms with Gasteiger partial charge in [-0.3, -0.25) is 24.7 Å². The number of aliphatic hydroxyl groups excluding tert-OH is 1. The first kappa shape index (κ1) is 49.6. The highest BCUT2D eigenvalue weighted by atomic mass is 19.1. The molecule has 0 saturated carbocycles. The summed E-state index contributed by atoms with van der Waals surface area (Å²) in [5.41, 5.74) is 1.29. The van der Waals surface area contributed by atoms with Gasteiger partial charge in [-0.25, -0.2) is 13.2 Å². The minimum Gasteiger partial charge on any atom is -0.508 e. The van der Waals surface area contributed by atoms with Crippen LogP contribution in [0.5, 0.6) is 11.8 Å². The molecule has 9 heterocycles. The van der Waals surface area contributed by atoms with Crippen molar-refractivity contribution in [2.45, 2.75) is 101 Å². The van der Waals surface area contributed by atoms with Crippen molar-refractivity contribution in [1.29, 1.82) is 0 Å². The van der Waals surface area contributed by atoms with Gasteiger partial charge in [0.05, 0.1) is 29.3 Å². The van der Waals surface area contributed by atoms with E-state index in [1.807, 2.05) is 0 Å². The number of fused-ring (bicyclic) bond motifs is 5. The van der Waals surface area contributed by atoms with Crippen LogP contribution in [0.25, 0.3) is 32.9 Å². The quantitative estimate of drug-likeness (QED) is 0.108. The monoisotopic (exact) mass is 1010 g/mol. The molecule has 12 rings (SSSR count). The van der Waals surface area contributed by atoms with Gasteiger partial charge in [0.25, 0.3) is 5.91 Å². The number of carbonyl (C=O) groups excluding carboxylic acids is 3. The second kappa shape index (κ2) is 20.6. The fraction of sp³-hybridized carbons (Fsp3) is 0.491. The third-order valence-electron chi connectivity index (χ3n) is 16.3. The molecule has 7 aliphatic heterocycles. The number of hydrogen-bond acceptors (Lipinski definition) is 14. The summed E-state index contributed by atoms with van der Waals surface area (Å²) in [5.74, 6) is 0.527. The average Bonchev–Trinajstić information content (AvgIpc) is 4.08. The van der Waals surface area contributed by atoms with Gasteiger partial charge in [-0.2, -0.15) is 9.97 Å². The number of hydrogen-bond donors (Lipinski definition) is 4. The summed E-state index contributed by atoms with van der Waals surface area (Å²) in [6, 6.07) is 9.18. The standard InChI is InChI=1S/C31H30F2N6O2.C24H31FN4O4/c1-3-22-25(32)9-6-17-11-21(40)12-23(26(17)22)28-27(33)29-24(13-34-28)30(39-14-18-7-8-19(15-39)35-18)37-31(36-29)41-16-20-5-4-10-38(20)2;25-22-18-14-29(20-3-4-21(31)26-23(20)32)24(33)17(18)1-2-19(22)28-11-5-15(6-12-28)13-27-9-7-16(30)8-10-27/h1,6,9,11-13,18-20,35,40H,4-5,7-8,10,14-16H2,2H3;1-2,15-16,20,30H,3-14H2,(H,26,31,32). The Labute approximate surface area is 427 Å². The zero-order valence-corrected chi connectivity index (χ0v) is 41.5. The zero-order chi connectivity index (χ0) is 51.4. The lowest BCUT2D eigenvalue weighted by Gasteiger charge is -2.38. The van der Waals surface area contributed by atoms with E-state index < -0.39 is 23.6 Å². The molecule has 6 saturated heterocycles. The van der Waals surface area contributed by atoms with Gasteiger partial charge in [0.2, 0.25) is 11.8 Å². The molecule has 0 aliphatic carbocycles. The first-order valence-corrected chi connectivity index (χ1v) is 26.0. The van der Waals surface area contributed by atoms with Crippen molar-refractivity contribution in [3.8, 4) is 35.4 Å². The molecule has 4 unspecified atom stereocenters. The number of ether oxygens (including phenoxy) is 1. The summed E-state index contributed by atoms with van der Waals surface area (Å²) >= 11 is 0. The topological polar surface area (TPSA) is 180 Å². The predicted octanol–water partition coefficient (Wildman–Crippen LogP) is 5.48. The average molecular weight is 1020 g/mol.